The molecule has 2 rings (SSSR count). The molecule has 0 bridgehead atoms. The third kappa shape index (κ3) is 3.43. The van der Waals surface area contributed by atoms with Crippen molar-refractivity contribution in [1.29, 1.82) is 0 Å². The highest BCUT2D eigenvalue weighted by Crippen LogP contribution is 2.36. The van der Waals surface area contributed by atoms with Crippen LogP contribution in [0, 0.1) is 10.1 Å². The van der Waals surface area contributed by atoms with Crippen LogP contribution in [0.5, 0.6) is 11.5 Å². The normalized spacial score (nSPS) is 24.2. The van der Waals surface area contributed by atoms with Crippen LogP contribution in [0.3, 0.4) is 0 Å². The Labute approximate surface area is 122 Å². The Hall–Kier alpha value is -1.86. The smallest absolute Gasteiger partial charge is 0.273 e. The van der Waals surface area contributed by atoms with Crippen molar-refractivity contribution in [3.8, 4) is 11.5 Å². The number of hydrogen-bond donors (Lipinski definition) is 1. The molecule has 0 spiro atoms. The van der Waals surface area contributed by atoms with Gasteiger partial charge in [-0.1, -0.05) is 6.92 Å². The maximum absolute atomic E-state index is 10.7. The number of aliphatic hydroxyl groups is 1. The first-order valence-corrected chi connectivity index (χ1v) is 6.85. The molecular weight excluding hydrogens is 278 g/mol. The quantitative estimate of drug-likeness (QED) is 0.610. The molecule has 1 aliphatic rings. The summed E-state index contributed by atoms with van der Waals surface area (Å²) in [7, 11) is 1.42. The van der Waals surface area contributed by atoms with Crippen molar-refractivity contribution < 1.29 is 24.2 Å². The molecule has 1 N–H and O–H groups in total. The fourth-order valence-corrected chi connectivity index (χ4v) is 2.18. The molecule has 3 atom stereocenters. The molecular formula is C14H19NO6. The van der Waals surface area contributed by atoms with Gasteiger partial charge in [-0.05, 0) is 12.5 Å². The molecule has 1 aliphatic carbocycles. The van der Waals surface area contributed by atoms with Gasteiger partial charge >= 0.3 is 0 Å². The summed E-state index contributed by atoms with van der Waals surface area (Å²) in [6.45, 7) is 2.54. The Morgan fingerprint density at radius 1 is 1.43 bits per heavy atom. The van der Waals surface area contributed by atoms with Crippen molar-refractivity contribution in [1.82, 2.24) is 0 Å². The molecule has 1 saturated carbocycles. The van der Waals surface area contributed by atoms with E-state index in [-0.39, 0.29) is 17.9 Å². The van der Waals surface area contributed by atoms with Gasteiger partial charge in [-0.15, -0.1) is 0 Å². The van der Waals surface area contributed by atoms with Gasteiger partial charge in [0.05, 0.1) is 24.2 Å². The molecule has 0 amide bonds. The minimum atomic E-state index is -0.536. The molecule has 0 aliphatic heterocycles. The summed E-state index contributed by atoms with van der Waals surface area (Å²) in [6, 6.07) is 4.17. The topological polar surface area (TPSA) is 91.1 Å². The number of hydrogen-bond acceptors (Lipinski definition) is 6. The lowest BCUT2D eigenvalue weighted by Gasteiger charge is -2.40. The highest BCUT2D eigenvalue weighted by atomic mass is 16.6. The first-order valence-electron chi connectivity index (χ1n) is 6.85. The minimum Gasteiger partial charge on any atom is -0.493 e. The number of nitro benzene ring substituents is 1. The third-order valence-corrected chi connectivity index (χ3v) is 3.37. The molecule has 0 radical (unpaired) electrons. The molecule has 7 heteroatoms. The first-order chi connectivity index (χ1) is 10.1. The van der Waals surface area contributed by atoms with Gasteiger partial charge in [0.15, 0.2) is 11.5 Å². The van der Waals surface area contributed by atoms with Crippen molar-refractivity contribution in [2.24, 2.45) is 0 Å². The van der Waals surface area contributed by atoms with Gasteiger partial charge in [-0.25, -0.2) is 0 Å². The summed E-state index contributed by atoms with van der Waals surface area (Å²) in [4.78, 5) is 10.2. The molecule has 3 unspecified atom stereocenters. The molecule has 7 nitrogen and oxygen atoms in total. The molecule has 21 heavy (non-hydrogen) atoms. The van der Waals surface area contributed by atoms with Gasteiger partial charge in [0.2, 0.25) is 0 Å². The standard InChI is InChI=1S/C14H19NO6/c1-3-6-20-14-10(16)8-13(14)21-11-5-4-9(15(17)18)7-12(11)19-2/h4-5,7,10,13-14,16H,3,6,8H2,1-2H3. The van der Waals surface area contributed by atoms with Crippen molar-refractivity contribution >= 4 is 5.69 Å². The zero-order valence-electron chi connectivity index (χ0n) is 12.0. The van der Waals surface area contributed by atoms with Gasteiger partial charge < -0.3 is 19.3 Å². The van der Waals surface area contributed by atoms with Crippen LogP contribution >= 0.6 is 0 Å². The summed E-state index contributed by atoms with van der Waals surface area (Å²) >= 11 is 0. The average molecular weight is 297 g/mol. The lowest BCUT2D eigenvalue weighted by molar-refractivity contribution is -0.385. The van der Waals surface area contributed by atoms with Gasteiger partial charge in [-0.2, -0.15) is 0 Å². The van der Waals surface area contributed by atoms with E-state index in [4.69, 9.17) is 14.2 Å². The van der Waals surface area contributed by atoms with Crippen LogP contribution in [0.2, 0.25) is 0 Å². The number of ether oxygens (including phenoxy) is 3. The maximum atomic E-state index is 10.7. The lowest BCUT2D eigenvalue weighted by Crippen LogP contribution is -2.55. The van der Waals surface area contributed by atoms with Gasteiger partial charge in [0, 0.05) is 19.1 Å². The van der Waals surface area contributed by atoms with E-state index in [1.54, 1.807) is 0 Å². The van der Waals surface area contributed by atoms with Crippen LogP contribution < -0.4 is 9.47 Å². The molecule has 1 aromatic carbocycles. The van der Waals surface area contributed by atoms with E-state index in [0.29, 0.717) is 24.5 Å². The van der Waals surface area contributed by atoms with Crippen molar-refractivity contribution in [2.45, 2.75) is 38.1 Å². The van der Waals surface area contributed by atoms with Crippen molar-refractivity contribution in [3.63, 3.8) is 0 Å². The van der Waals surface area contributed by atoms with Gasteiger partial charge in [0.1, 0.15) is 12.2 Å². The summed E-state index contributed by atoms with van der Waals surface area (Å²) in [6.07, 6.45) is 0.142. The minimum absolute atomic E-state index is 0.0633. The second kappa shape index (κ2) is 6.73. The summed E-state index contributed by atoms with van der Waals surface area (Å²) in [5.74, 6) is 0.699. The number of aliphatic hydroxyl groups excluding tert-OH is 1. The molecule has 0 saturated heterocycles. The van der Waals surface area contributed by atoms with E-state index >= 15 is 0 Å². The summed E-state index contributed by atoms with van der Waals surface area (Å²) in [5, 5.41) is 20.4. The number of benzene rings is 1. The number of methoxy groups -OCH3 is 1. The SMILES string of the molecule is CCCOC1C(O)CC1Oc1ccc([N+](=O)[O-])cc1OC. The summed E-state index contributed by atoms with van der Waals surface area (Å²) < 4.78 is 16.4. The van der Waals surface area contributed by atoms with Gasteiger partial charge in [-0.3, -0.25) is 10.1 Å². The molecule has 1 fully saturated rings. The number of non-ortho nitro benzene ring substituents is 1. The monoisotopic (exact) mass is 297 g/mol. The van der Waals surface area contributed by atoms with Crippen molar-refractivity contribution in [3.05, 3.63) is 28.3 Å². The highest BCUT2D eigenvalue weighted by molar-refractivity contribution is 5.48. The van der Waals surface area contributed by atoms with E-state index in [1.807, 2.05) is 6.92 Å². The predicted molar refractivity (Wildman–Crippen MR) is 74.7 cm³/mol. The Bertz CT molecular complexity index is 506. The van der Waals surface area contributed by atoms with E-state index in [1.165, 1.54) is 25.3 Å². The van der Waals surface area contributed by atoms with Crippen LogP contribution in [-0.2, 0) is 4.74 Å². The van der Waals surface area contributed by atoms with Crippen molar-refractivity contribution in [2.75, 3.05) is 13.7 Å². The number of rotatable bonds is 7. The second-order valence-electron chi connectivity index (χ2n) is 4.89. The Morgan fingerprint density at radius 3 is 2.76 bits per heavy atom. The Balaban J connectivity index is 2.07. The van der Waals surface area contributed by atoms with Gasteiger partial charge in [0.25, 0.3) is 5.69 Å². The lowest BCUT2D eigenvalue weighted by atomic mass is 9.88. The zero-order valence-corrected chi connectivity index (χ0v) is 12.0. The van der Waals surface area contributed by atoms with E-state index in [9.17, 15) is 15.2 Å². The molecule has 0 aromatic heterocycles. The molecule has 0 heterocycles. The van der Waals surface area contributed by atoms with E-state index in [0.717, 1.165) is 6.42 Å². The second-order valence-corrected chi connectivity index (χ2v) is 4.89. The largest absolute Gasteiger partial charge is 0.493 e. The third-order valence-electron chi connectivity index (χ3n) is 3.37. The number of nitrogens with zero attached hydrogens (tertiary/aromatic N) is 1. The highest BCUT2D eigenvalue weighted by Gasteiger charge is 2.43. The Morgan fingerprint density at radius 2 is 2.19 bits per heavy atom. The fraction of sp³-hybridized carbons (Fsp3) is 0.571. The zero-order chi connectivity index (χ0) is 15.4. The molecule has 116 valence electrons. The Kier molecular flexibility index (Phi) is 4.98. The fourth-order valence-electron chi connectivity index (χ4n) is 2.18. The van der Waals surface area contributed by atoms with Crippen LogP contribution in [0.4, 0.5) is 5.69 Å². The average Bonchev–Trinajstić information content (AvgIpc) is 2.47. The predicted octanol–water partition coefficient (Wildman–Crippen LogP) is 1.91. The summed E-state index contributed by atoms with van der Waals surface area (Å²) in [5.41, 5.74) is -0.0633. The van der Waals surface area contributed by atoms with Crippen LogP contribution in [-0.4, -0.2) is 42.1 Å². The van der Waals surface area contributed by atoms with E-state index < -0.39 is 11.0 Å². The van der Waals surface area contributed by atoms with Crippen LogP contribution in [0.1, 0.15) is 19.8 Å². The molecule has 1 aromatic rings. The van der Waals surface area contributed by atoms with Crippen LogP contribution in [0.15, 0.2) is 18.2 Å². The first kappa shape index (κ1) is 15.5. The maximum Gasteiger partial charge on any atom is 0.273 e. The number of nitro groups is 1. The van der Waals surface area contributed by atoms with E-state index in [2.05, 4.69) is 0 Å². The van der Waals surface area contributed by atoms with Crippen LogP contribution in [0.25, 0.3) is 0 Å².